The molecule has 0 amide bonds. The SMILES string of the molecule is CCCCCC#CCC(O)CCCOC1CCCCO1. The highest BCUT2D eigenvalue weighted by atomic mass is 16.7. The van der Waals surface area contributed by atoms with Gasteiger partial charge >= 0.3 is 0 Å². The summed E-state index contributed by atoms with van der Waals surface area (Å²) >= 11 is 0. The van der Waals surface area contributed by atoms with Crippen LogP contribution in [0, 0.1) is 11.8 Å². The average molecular weight is 282 g/mol. The van der Waals surface area contributed by atoms with Gasteiger partial charge in [-0.1, -0.05) is 19.8 Å². The molecule has 2 atom stereocenters. The Balaban J connectivity index is 1.92. The molecule has 0 radical (unpaired) electrons. The van der Waals surface area contributed by atoms with Crippen LogP contribution >= 0.6 is 0 Å². The van der Waals surface area contributed by atoms with Gasteiger partial charge in [0.2, 0.25) is 0 Å². The van der Waals surface area contributed by atoms with Crippen molar-refractivity contribution in [1.29, 1.82) is 0 Å². The fraction of sp³-hybridized carbons (Fsp3) is 0.882. The Morgan fingerprint density at radius 3 is 2.90 bits per heavy atom. The Morgan fingerprint density at radius 1 is 1.25 bits per heavy atom. The van der Waals surface area contributed by atoms with E-state index in [1.807, 2.05) is 0 Å². The van der Waals surface area contributed by atoms with Crippen LogP contribution in [0.25, 0.3) is 0 Å². The molecule has 1 rings (SSSR count). The zero-order valence-corrected chi connectivity index (χ0v) is 12.9. The average Bonchev–Trinajstić information content (AvgIpc) is 2.48. The van der Waals surface area contributed by atoms with E-state index in [2.05, 4.69) is 18.8 Å². The van der Waals surface area contributed by atoms with Crippen LogP contribution in [0.1, 0.15) is 71.1 Å². The summed E-state index contributed by atoms with van der Waals surface area (Å²) in [4.78, 5) is 0. The minimum atomic E-state index is -0.315. The topological polar surface area (TPSA) is 38.7 Å². The molecule has 0 aromatic heterocycles. The van der Waals surface area contributed by atoms with E-state index in [1.165, 1.54) is 25.7 Å². The fourth-order valence-corrected chi connectivity index (χ4v) is 2.22. The summed E-state index contributed by atoms with van der Waals surface area (Å²) < 4.78 is 11.1. The highest BCUT2D eigenvalue weighted by Crippen LogP contribution is 2.14. The maximum atomic E-state index is 9.80. The van der Waals surface area contributed by atoms with Crippen LogP contribution in [0.15, 0.2) is 0 Å². The molecule has 0 aliphatic carbocycles. The van der Waals surface area contributed by atoms with Crippen LogP contribution in [0.3, 0.4) is 0 Å². The molecule has 2 unspecified atom stereocenters. The van der Waals surface area contributed by atoms with Gasteiger partial charge in [-0.15, -0.1) is 11.8 Å². The van der Waals surface area contributed by atoms with Crippen LogP contribution in [0.4, 0.5) is 0 Å². The molecule has 1 fully saturated rings. The van der Waals surface area contributed by atoms with Gasteiger partial charge in [0.05, 0.1) is 6.10 Å². The summed E-state index contributed by atoms with van der Waals surface area (Å²) in [6.45, 7) is 3.68. The summed E-state index contributed by atoms with van der Waals surface area (Å²) in [5, 5.41) is 9.80. The number of unbranched alkanes of at least 4 members (excludes halogenated alkanes) is 3. The molecule has 116 valence electrons. The van der Waals surface area contributed by atoms with E-state index < -0.39 is 0 Å². The summed E-state index contributed by atoms with van der Waals surface area (Å²) in [5.41, 5.74) is 0. The van der Waals surface area contributed by atoms with E-state index in [1.54, 1.807) is 0 Å². The zero-order valence-electron chi connectivity index (χ0n) is 12.9. The predicted molar refractivity (Wildman–Crippen MR) is 81.3 cm³/mol. The maximum Gasteiger partial charge on any atom is 0.157 e. The van der Waals surface area contributed by atoms with Gasteiger partial charge in [0.1, 0.15) is 0 Å². The molecule has 0 saturated carbocycles. The van der Waals surface area contributed by atoms with Gasteiger partial charge in [0, 0.05) is 26.1 Å². The third kappa shape index (κ3) is 9.36. The lowest BCUT2D eigenvalue weighted by Gasteiger charge is -2.22. The number of ether oxygens (including phenoxy) is 2. The van der Waals surface area contributed by atoms with Crippen LogP contribution < -0.4 is 0 Å². The highest BCUT2D eigenvalue weighted by molar-refractivity contribution is 5.00. The van der Waals surface area contributed by atoms with Gasteiger partial charge in [0.15, 0.2) is 6.29 Å². The summed E-state index contributed by atoms with van der Waals surface area (Å²) in [6.07, 6.45) is 9.86. The zero-order chi connectivity index (χ0) is 14.5. The largest absolute Gasteiger partial charge is 0.392 e. The molecule has 3 nitrogen and oxygen atoms in total. The Labute approximate surface area is 124 Å². The predicted octanol–water partition coefficient (Wildman–Crippen LogP) is 3.64. The second-order valence-corrected chi connectivity index (χ2v) is 5.48. The van der Waals surface area contributed by atoms with Gasteiger partial charge in [0.25, 0.3) is 0 Å². The van der Waals surface area contributed by atoms with E-state index in [4.69, 9.17) is 9.47 Å². The number of rotatable bonds is 9. The van der Waals surface area contributed by atoms with Crippen molar-refractivity contribution in [2.24, 2.45) is 0 Å². The smallest absolute Gasteiger partial charge is 0.157 e. The number of hydrogen-bond acceptors (Lipinski definition) is 3. The van der Waals surface area contributed by atoms with Crippen LogP contribution in [0.2, 0.25) is 0 Å². The third-order valence-corrected chi connectivity index (χ3v) is 3.49. The van der Waals surface area contributed by atoms with E-state index in [-0.39, 0.29) is 12.4 Å². The quantitative estimate of drug-likeness (QED) is 0.518. The molecule has 1 aliphatic heterocycles. The molecule has 0 spiro atoms. The fourth-order valence-electron chi connectivity index (χ4n) is 2.22. The minimum Gasteiger partial charge on any atom is -0.392 e. The van der Waals surface area contributed by atoms with E-state index in [9.17, 15) is 5.11 Å². The first-order chi connectivity index (χ1) is 9.83. The van der Waals surface area contributed by atoms with Crippen LogP contribution in [-0.4, -0.2) is 30.7 Å². The number of aliphatic hydroxyl groups is 1. The Morgan fingerprint density at radius 2 is 2.15 bits per heavy atom. The molecule has 0 aromatic carbocycles. The first-order valence-electron chi connectivity index (χ1n) is 8.20. The lowest BCUT2D eigenvalue weighted by atomic mass is 10.1. The van der Waals surface area contributed by atoms with Crippen molar-refractivity contribution in [2.75, 3.05) is 13.2 Å². The number of hydrogen-bond donors (Lipinski definition) is 1. The Hall–Kier alpha value is -0.560. The van der Waals surface area contributed by atoms with Gasteiger partial charge in [-0.05, 0) is 38.5 Å². The van der Waals surface area contributed by atoms with Gasteiger partial charge in [-0.3, -0.25) is 0 Å². The molecular formula is C17H30O3. The lowest BCUT2D eigenvalue weighted by Crippen LogP contribution is -2.23. The molecule has 1 N–H and O–H groups in total. The standard InChI is InChI=1S/C17H30O3/c1-2-3-4-5-6-7-11-16(18)12-10-15-20-17-13-8-9-14-19-17/h16-18H,2-5,8-15H2,1H3. The van der Waals surface area contributed by atoms with Crippen molar-refractivity contribution in [3.05, 3.63) is 0 Å². The van der Waals surface area contributed by atoms with Crippen LogP contribution in [0.5, 0.6) is 0 Å². The van der Waals surface area contributed by atoms with E-state index in [0.29, 0.717) is 13.0 Å². The van der Waals surface area contributed by atoms with Gasteiger partial charge < -0.3 is 14.6 Å². The van der Waals surface area contributed by atoms with Gasteiger partial charge in [-0.2, -0.15) is 0 Å². The molecule has 1 aliphatic rings. The molecule has 0 bridgehead atoms. The second kappa shape index (κ2) is 12.2. The Bertz CT molecular complexity index is 274. The molecule has 0 aromatic rings. The minimum absolute atomic E-state index is 0.0146. The van der Waals surface area contributed by atoms with Crippen molar-refractivity contribution in [2.45, 2.75) is 83.5 Å². The first kappa shape index (κ1) is 17.5. The molecule has 3 heteroatoms. The van der Waals surface area contributed by atoms with Crippen molar-refractivity contribution < 1.29 is 14.6 Å². The first-order valence-corrected chi connectivity index (χ1v) is 8.20. The monoisotopic (exact) mass is 282 g/mol. The Kier molecular flexibility index (Phi) is 10.7. The molecular weight excluding hydrogens is 252 g/mol. The van der Waals surface area contributed by atoms with Crippen LogP contribution in [-0.2, 0) is 9.47 Å². The van der Waals surface area contributed by atoms with Gasteiger partial charge in [-0.25, -0.2) is 0 Å². The normalized spacial score (nSPS) is 20.2. The highest BCUT2D eigenvalue weighted by Gasteiger charge is 2.13. The van der Waals surface area contributed by atoms with Crippen molar-refractivity contribution >= 4 is 0 Å². The van der Waals surface area contributed by atoms with Crippen molar-refractivity contribution in [1.82, 2.24) is 0 Å². The summed E-state index contributed by atoms with van der Waals surface area (Å²) in [7, 11) is 0. The summed E-state index contributed by atoms with van der Waals surface area (Å²) in [6, 6.07) is 0. The second-order valence-electron chi connectivity index (χ2n) is 5.48. The van der Waals surface area contributed by atoms with E-state index >= 15 is 0 Å². The molecule has 20 heavy (non-hydrogen) atoms. The summed E-state index contributed by atoms with van der Waals surface area (Å²) in [5.74, 6) is 6.20. The van der Waals surface area contributed by atoms with E-state index in [0.717, 1.165) is 38.7 Å². The van der Waals surface area contributed by atoms with Crippen molar-refractivity contribution in [3.63, 3.8) is 0 Å². The maximum absolute atomic E-state index is 9.80. The molecule has 1 saturated heterocycles. The third-order valence-electron chi connectivity index (χ3n) is 3.49. The lowest BCUT2D eigenvalue weighted by molar-refractivity contribution is -0.163. The van der Waals surface area contributed by atoms with Crippen molar-refractivity contribution in [3.8, 4) is 11.8 Å². The molecule has 1 heterocycles. The number of aliphatic hydroxyl groups excluding tert-OH is 1.